The van der Waals surface area contributed by atoms with E-state index in [9.17, 15) is 4.79 Å². The summed E-state index contributed by atoms with van der Waals surface area (Å²) in [6.45, 7) is 5.74. The van der Waals surface area contributed by atoms with Gasteiger partial charge in [0.05, 0.1) is 21.7 Å². The van der Waals surface area contributed by atoms with Crippen LogP contribution >= 0.6 is 23.2 Å². The summed E-state index contributed by atoms with van der Waals surface area (Å²) < 4.78 is 5.11. The van der Waals surface area contributed by atoms with E-state index < -0.39 is 5.97 Å². The number of hydrogen-bond donors (Lipinski definition) is 0. The molecule has 1 aromatic carbocycles. The maximum Gasteiger partial charge on any atom is 0.347 e. The van der Waals surface area contributed by atoms with Gasteiger partial charge in [-0.2, -0.15) is 0 Å². The number of hydrogen-bond acceptors (Lipinski definition) is 3. The van der Waals surface area contributed by atoms with Gasteiger partial charge in [0.25, 0.3) is 0 Å². The number of carbonyl (C=O) groups excluding carboxylic acids is 1. The lowest BCUT2D eigenvalue weighted by molar-refractivity contribution is 0.0736. The van der Waals surface area contributed by atoms with Crippen molar-refractivity contribution >= 4 is 35.1 Å². The van der Waals surface area contributed by atoms with Gasteiger partial charge in [-0.15, -0.1) is 0 Å². The highest BCUT2D eigenvalue weighted by Gasteiger charge is 2.32. The number of rotatable bonds is 0. The van der Waals surface area contributed by atoms with Crippen LogP contribution in [0.2, 0.25) is 10.0 Å². The minimum atomic E-state index is -0.482. The number of halogens is 2. The van der Waals surface area contributed by atoms with Gasteiger partial charge in [-0.25, -0.2) is 9.79 Å². The summed E-state index contributed by atoms with van der Waals surface area (Å²) in [4.78, 5) is 16.0. The zero-order chi connectivity index (χ0) is 12.8. The van der Waals surface area contributed by atoms with E-state index in [1.807, 2.05) is 20.8 Å². The molecule has 0 saturated carbocycles. The Labute approximate surface area is 109 Å². The number of benzene rings is 1. The normalized spacial score (nSPS) is 17.2. The molecule has 3 nitrogen and oxygen atoms in total. The summed E-state index contributed by atoms with van der Waals surface area (Å²) in [5.41, 5.74) is 0.549. The van der Waals surface area contributed by atoms with E-state index in [0.29, 0.717) is 16.1 Å². The van der Waals surface area contributed by atoms with Gasteiger partial charge in [0.1, 0.15) is 0 Å². The summed E-state index contributed by atoms with van der Waals surface area (Å²) in [7, 11) is 0. The number of cyclic esters (lactones) is 1. The van der Waals surface area contributed by atoms with Crippen LogP contribution in [0, 0.1) is 0 Å². The van der Waals surface area contributed by atoms with Crippen LogP contribution in [0.25, 0.3) is 0 Å². The van der Waals surface area contributed by atoms with E-state index in [1.165, 1.54) is 6.07 Å². The molecule has 1 heterocycles. The first kappa shape index (κ1) is 12.4. The number of ether oxygens (including phenoxy) is 1. The van der Waals surface area contributed by atoms with Crippen LogP contribution < -0.4 is 0 Å². The minimum absolute atomic E-state index is 0.280. The van der Waals surface area contributed by atoms with Crippen LogP contribution in [-0.4, -0.2) is 17.4 Å². The molecule has 0 aromatic heterocycles. The Morgan fingerprint density at radius 1 is 1.24 bits per heavy atom. The Hall–Kier alpha value is -1.06. The van der Waals surface area contributed by atoms with E-state index in [2.05, 4.69) is 4.99 Å². The van der Waals surface area contributed by atoms with Crippen molar-refractivity contribution in [2.45, 2.75) is 26.3 Å². The SMILES string of the molecule is CC(C)(C)/N=C1\OC(=O)c2c(Cl)cc(Cl)cc21. The Kier molecular flexibility index (Phi) is 2.92. The molecule has 1 aromatic rings. The number of aliphatic imine (C=N–C) groups is 1. The van der Waals surface area contributed by atoms with Gasteiger partial charge in [-0.1, -0.05) is 23.2 Å². The lowest BCUT2D eigenvalue weighted by Crippen LogP contribution is -2.14. The molecule has 0 atom stereocenters. The third kappa shape index (κ3) is 2.45. The fraction of sp³-hybridized carbons (Fsp3) is 0.333. The zero-order valence-corrected chi connectivity index (χ0v) is 11.2. The molecule has 0 aliphatic carbocycles. The van der Waals surface area contributed by atoms with Crippen molar-refractivity contribution < 1.29 is 9.53 Å². The molecule has 0 spiro atoms. The van der Waals surface area contributed by atoms with Gasteiger partial charge in [-0.05, 0) is 32.9 Å². The first-order valence-electron chi connectivity index (χ1n) is 5.09. The van der Waals surface area contributed by atoms with Crippen LogP contribution in [0.15, 0.2) is 17.1 Å². The fourth-order valence-corrected chi connectivity index (χ4v) is 2.10. The summed E-state index contributed by atoms with van der Waals surface area (Å²) in [6, 6.07) is 3.15. The lowest BCUT2D eigenvalue weighted by Gasteiger charge is -2.12. The van der Waals surface area contributed by atoms with E-state index in [4.69, 9.17) is 27.9 Å². The highest BCUT2D eigenvalue weighted by atomic mass is 35.5. The monoisotopic (exact) mass is 271 g/mol. The second kappa shape index (κ2) is 4.00. The molecule has 1 aliphatic heterocycles. The molecule has 0 saturated heterocycles. The molecule has 0 unspecified atom stereocenters. The van der Waals surface area contributed by atoms with Crippen LogP contribution in [0.4, 0.5) is 0 Å². The molecule has 0 fully saturated rings. The van der Waals surface area contributed by atoms with Crippen LogP contribution in [-0.2, 0) is 4.74 Å². The second-order valence-corrected chi connectivity index (χ2v) is 5.63. The number of nitrogens with zero attached hydrogens (tertiary/aromatic N) is 1. The summed E-state index contributed by atoms with van der Waals surface area (Å²) in [5.74, 6) is -0.202. The largest absolute Gasteiger partial charge is 0.403 e. The van der Waals surface area contributed by atoms with E-state index in [-0.39, 0.29) is 16.5 Å². The Bertz CT molecular complexity index is 530. The summed E-state index contributed by atoms with van der Waals surface area (Å²) >= 11 is 11.9. The molecular formula is C12H11Cl2NO2. The molecular weight excluding hydrogens is 261 g/mol. The molecule has 5 heteroatoms. The van der Waals surface area contributed by atoms with E-state index in [1.54, 1.807) is 6.07 Å². The molecule has 0 amide bonds. The van der Waals surface area contributed by atoms with Crippen molar-refractivity contribution in [1.29, 1.82) is 0 Å². The van der Waals surface area contributed by atoms with Crippen LogP contribution in [0.1, 0.15) is 36.7 Å². The third-order valence-corrected chi connectivity index (χ3v) is 2.63. The molecule has 1 aliphatic rings. The average Bonchev–Trinajstić information content (AvgIpc) is 2.39. The molecule has 0 radical (unpaired) electrons. The van der Waals surface area contributed by atoms with Gasteiger partial charge in [-0.3, -0.25) is 0 Å². The van der Waals surface area contributed by atoms with Crippen LogP contribution in [0.3, 0.4) is 0 Å². The lowest BCUT2D eigenvalue weighted by atomic mass is 10.1. The standard InChI is InChI=1S/C12H11Cl2NO2/c1-12(2,3)15-10-7-4-6(13)5-8(14)9(7)11(16)17-10/h4-5H,1-3H3/b15-10-. The predicted molar refractivity (Wildman–Crippen MR) is 68.2 cm³/mol. The van der Waals surface area contributed by atoms with Crippen molar-refractivity contribution in [2.75, 3.05) is 0 Å². The van der Waals surface area contributed by atoms with Gasteiger partial charge in [0.15, 0.2) is 0 Å². The van der Waals surface area contributed by atoms with Crippen molar-refractivity contribution in [1.82, 2.24) is 0 Å². The fourth-order valence-electron chi connectivity index (χ4n) is 1.53. The Morgan fingerprint density at radius 2 is 1.88 bits per heavy atom. The predicted octanol–water partition coefficient (Wildman–Crippen LogP) is 3.71. The maximum absolute atomic E-state index is 11.7. The molecule has 17 heavy (non-hydrogen) atoms. The minimum Gasteiger partial charge on any atom is -0.403 e. The first-order valence-corrected chi connectivity index (χ1v) is 5.85. The van der Waals surface area contributed by atoms with E-state index >= 15 is 0 Å². The Morgan fingerprint density at radius 3 is 2.47 bits per heavy atom. The summed E-state index contributed by atoms with van der Waals surface area (Å²) in [6.07, 6.45) is 0. The highest BCUT2D eigenvalue weighted by Crippen LogP contribution is 2.32. The quantitative estimate of drug-likeness (QED) is 0.675. The average molecular weight is 272 g/mol. The summed E-state index contributed by atoms with van der Waals surface area (Å²) in [5, 5.41) is 0.741. The van der Waals surface area contributed by atoms with Gasteiger partial charge in [0, 0.05) is 5.02 Å². The second-order valence-electron chi connectivity index (χ2n) is 4.79. The highest BCUT2D eigenvalue weighted by molar-refractivity contribution is 6.39. The third-order valence-electron chi connectivity index (χ3n) is 2.12. The number of esters is 1. The molecule has 0 bridgehead atoms. The molecule has 90 valence electrons. The van der Waals surface area contributed by atoms with Gasteiger partial charge >= 0.3 is 5.97 Å². The number of carbonyl (C=O) groups is 1. The molecule has 0 N–H and O–H groups in total. The van der Waals surface area contributed by atoms with Crippen molar-refractivity contribution in [2.24, 2.45) is 4.99 Å². The van der Waals surface area contributed by atoms with Crippen molar-refractivity contribution in [3.8, 4) is 0 Å². The number of fused-ring (bicyclic) bond motifs is 1. The smallest absolute Gasteiger partial charge is 0.347 e. The first-order chi connectivity index (χ1) is 7.78. The Balaban J connectivity index is 2.62. The maximum atomic E-state index is 11.7. The van der Waals surface area contributed by atoms with E-state index in [0.717, 1.165) is 0 Å². The molecule has 2 rings (SSSR count). The van der Waals surface area contributed by atoms with Crippen molar-refractivity contribution in [3.63, 3.8) is 0 Å². The van der Waals surface area contributed by atoms with Gasteiger partial charge < -0.3 is 4.74 Å². The van der Waals surface area contributed by atoms with Crippen molar-refractivity contribution in [3.05, 3.63) is 33.3 Å². The zero-order valence-electron chi connectivity index (χ0n) is 9.67. The van der Waals surface area contributed by atoms with Gasteiger partial charge in [0.2, 0.25) is 5.90 Å². The van der Waals surface area contributed by atoms with Crippen LogP contribution in [0.5, 0.6) is 0 Å². The topological polar surface area (TPSA) is 38.7 Å².